The molecule has 2 aromatic heterocycles. The number of aliphatic hydroxyl groups is 1. The Labute approximate surface area is 240 Å². The van der Waals surface area contributed by atoms with E-state index in [1.165, 1.54) is 25.0 Å². The molecule has 0 spiro atoms. The molecular formula is C29H42N4O8. The summed E-state index contributed by atoms with van der Waals surface area (Å²) < 4.78 is 17.5. The zero-order valence-electron chi connectivity index (χ0n) is 23.5. The minimum absolute atomic E-state index is 0.00945. The Hall–Kier alpha value is -3.00. The molecule has 0 bridgehead atoms. The van der Waals surface area contributed by atoms with E-state index in [2.05, 4.69) is 14.9 Å². The summed E-state index contributed by atoms with van der Waals surface area (Å²) in [7, 11) is 0. The van der Waals surface area contributed by atoms with Crippen LogP contribution < -0.4 is 0 Å². The Balaban J connectivity index is 1.36. The van der Waals surface area contributed by atoms with Gasteiger partial charge in [-0.1, -0.05) is 25.0 Å². The van der Waals surface area contributed by atoms with E-state index in [4.69, 9.17) is 19.3 Å². The van der Waals surface area contributed by atoms with Gasteiger partial charge in [-0.15, -0.1) is 0 Å². The third kappa shape index (κ3) is 12.6. The maximum Gasteiger partial charge on any atom is 0.354 e. The van der Waals surface area contributed by atoms with Crippen molar-refractivity contribution in [2.45, 2.75) is 44.9 Å². The van der Waals surface area contributed by atoms with E-state index in [9.17, 15) is 19.8 Å². The van der Waals surface area contributed by atoms with Crippen molar-refractivity contribution in [3.05, 3.63) is 59.2 Å². The summed E-state index contributed by atoms with van der Waals surface area (Å²) in [5, 5.41) is 27.8. The first-order valence-corrected chi connectivity index (χ1v) is 14.2. The van der Waals surface area contributed by atoms with Gasteiger partial charge in [-0.05, 0) is 37.1 Å². The predicted octanol–water partition coefficient (Wildman–Crippen LogP) is 2.16. The number of aromatic carboxylic acids is 2. The normalized spacial score (nSPS) is 13.8. The van der Waals surface area contributed by atoms with Crippen LogP contribution in [0.3, 0.4) is 0 Å². The van der Waals surface area contributed by atoms with Crippen LogP contribution in [0.25, 0.3) is 0 Å². The standard InChI is InChI=1S/C29H42N4O8/c34-15-11-32(21-23-5-3-9-26(30-23)28(35)36)12-16-39-19-20-40-17-13-33(14-18-41-25-7-1-2-8-25)22-24-6-4-10-27(31-24)29(37)38/h3-6,9-10,25,34H,1-2,7-8,11-22H2,(H,35,36)(H,37,38). The molecule has 41 heavy (non-hydrogen) atoms. The summed E-state index contributed by atoms with van der Waals surface area (Å²) in [6, 6.07) is 9.88. The Kier molecular flexibility index (Phi) is 14.6. The van der Waals surface area contributed by atoms with Crippen LogP contribution in [0.4, 0.5) is 0 Å². The number of carboxylic acids is 2. The highest BCUT2D eigenvalue weighted by molar-refractivity contribution is 5.85. The van der Waals surface area contributed by atoms with Crippen LogP contribution in [0.5, 0.6) is 0 Å². The molecule has 12 nitrogen and oxygen atoms in total. The van der Waals surface area contributed by atoms with Gasteiger partial charge in [0.25, 0.3) is 0 Å². The lowest BCUT2D eigenvalue weighted by Crippen LogP contribution is -2.32. The first-order valence-electron chi connectivity index (χ1n) is 14.2. The van der Waals surface area contributed by atoms with Crippen molar-refractivity contribution in [2.75, 3.05) is 65.8 Å². The summed E-state index contributed by atoms with van der Waals surface area (Å²) in [6.45, 7) is 5.53. The molecule has 1 aliphatic rings. The predicted molar refractivity (Wildman–Crippen MR) is 150 cm³/mol. The smallest absolute Gasteiger partial charge is 0.354 e. The number of ether oxygens (including phenoxy) is 3. The molecule has 3 rings (SSSR count). The monoisotopic (exact) mass is 574 g/mol. The fourth-order valence-electron chi connectivity index (χ4n) is 4.63. The van der Waals surface area contributed by atoms with E-state index in [0.717, 1.165) is 12.8 Å². The lowest BCUT2D eigenvalue weighted by molar-refractivity contribution is 0.0161. The first kappa shape index (κ1) is 32.5. The third-order valence-electron chi connectivity index (χ3n) is 6.78. The lowest BCUT2D eigenvalue weighted by atomic mass is 10.2. The van der Waals surface area contributed by atoms with Crippen LogP contribution in [0, 0.1) is 0 Å². The Morgan fingerprint density at radius 3 is 1.71 bits per heavy atom. The number of aromatic nitrogens is 2. The first-order chi connectivity index (χ1) is 19.9. The molecule has 0 amide bonds. The van der Waals surface area contributed by atoms with Crippen LogP contribution in [0.1, 0.15) is 58.0 Å². The Morgan fingerprint density at radius 2 is 1.22 bits per heavy atom. The second kappa shape index (κ2) is 18.4. The van der Waals surface area contributed by atoms with E-state index in [1.807, 2.05) is 11.0 Å². The van der Waals surface area contributed by atoms with Crippen LogP contribution >= 0.6 is 0 Å². The van der Waals surface area contributed by atoms with Gasteiger partial charge in [-0.2, -0.15) is 0 Å². The number of carbonyl (C=O) groups is 2. The van der Waals surface area contributed by atoms with Crippen molar-refractivity contribution in [1.82, 2.24) is 19.8 Å². The van der Waals surface area contributed by atoms with E-state index < -0.39 is 11.9 Å². The summed E-state index contributed by atoms with van der Waals surface area (Å²) in [5.41, 5.74) is 1.32. The van der Waals surface area contributed by atoms with Crippen molar-refractivity contribution in [1.29, 1.82) is 0 Å². The number of pyridine rings is 2. The largest absolute Gasteiger partial charge is 0.477 e. The van der Waals surface area contributed by atoms with Gasteiger partial charge in [0.1, 0.15) is 11.4 Å². The zero-order chi connectivity index (χ0) is 29.3. The highest BCUT2D eigenvalue weighted by Gasteiger charge is 2.16. The molecule has 1 aliphatic carbocycles. The number of nitrogens with zero attached hydrogens (tertiary/aromatic N) is 4. The fourth-order valence-corrected chi connectivity index (χ4v) is 4.63. The molecule has 2 aromatic rings. The van der Waals surface area contributed by atoms with Gasteiger partial charge in [0.15, 0.2) is 0 Å². The van der Waals surface area contributed by atoms with Gasteiger partial charge >= 0.3 is 11.9 Å². The lowest BCUT2D eigenvalue weighted by Gasteiger charge is -2.23. The quantitative estimate of drug-likeness (QED) is 0.187. The molecule has 1 saturated carbocycles. The zero-order valence-corrected chi connectivity index (χ0v) is 23.5. The highest BCUT2D eigenvalue weighted by atomic mass is 16.5. The molecule has 0 aliphatic heterocycles. The summed E-state index contributed by atoms with van der Waals surface area (Å²) in [5.74, 6) is -2.12. The van der Waals surface area contributed by atoms with Crippen molar-refractivity contribution in [3.8, 4) is 0 Å². The fraction of sp³-hybridized carbons (Fsp3) is 0.586. The molecule has 0 atom stereocenters. The van der Waals surface area contributed by atoms with Crippen molar-refractivity contribution >= 4 is 11.9 Å². The van der Waals surface area contributed by atoms with E-state index in [-0.39, 0.29) is 18.0 Å². The van der Waals surface area contributed by atoms with Crippen molar-refractivity contribution < 1.29 is 39.1 Å². The average Bonchev–Trinajstić information content (AvgIpc) is 3.48. The van der Waals surface area contributed by atoms with E-state index >= 15 is 0 Å². The molecule has 0 aromatic carbocycles. The molecule has 0 unspecified atom stereocenters. The summed E-state index contributed by atoms with van der Waals surface area (Å²) in [4.78, 5) is 34.9. The number of carboxylic acid groups (broad SMARTS) is 2. The van der Waals surface area contributed by atoms with Gasteiger partial charge in [0.2, 0.25) is 0 Å². The van der Waals surface area contributed by atoms with Gasteiger partial charge in [0.05, 0.1) is 57.1 Å². The van der Waals surface area contributed by atoms with Crippen LogP contribution in [-0.2, 0) is 27.3 Å². The number of aliphatic hydroxyl groups excluding tert-OH is 1. The van der Waals surface area contributed by atoms with Gasteiger partial charge in [0, 0.05) is 39.3 Å². The third-order valence-corrected chi connectivity index (χ3v) is 6.78. The summed E-state index contributed by atoms with van der Waals surface area (Å²) in [6.07, 6.45) is 4.98. The van der Waals surface area contributed by atoms with E-state index in [0.29, 0.717) is 89.8 Å². The van der Waals surface area contributed by atoms with Gasteiger partial charge < -0.3 is 29.5 Å². The van der Waals surface area contributed by atoms with Gasteiger partial charge in [-0.25, -0.2) is 19.6 Å². The molecule has 3 N–H and O–H groups in total. The number of hydrogen-bond acceptors (Lipinski definition) is 10. The topological polar surface area (TPSA) is 155 Å². The molecule has 226 valence electrons. The van der Waals surface area contributed by atoms with Crippen molar-refractivity contribution in [3.63, 3.8) is 0 Å². The van der Waals surface area contributed by atoms with Crippen LogP contribution in [0.2, 0.25) is 0 Å². The molecular weight excluding hydrogens is 532 g/mol. The minimum atomic E-state index is -1.08. The molecule has 1 fully saturated rings. The summed E-state index contributed by atoms with van der Waals surface area (Å²) >= 11 is 0. The highest BCUT2D eigenvalue weighted by Crippen LogP contribution is 2.20. The minimum Gasteiger partial charge on any atom is -0.477 e. The number of rotatable bonds is 21. The molecule has 12 heteroatoms. The van der Waals surface area contributed by atoms with Crippen LogP contribution in [-0.4, -0.2) is 119 Å². The Bertz CT molecular complexity index is 1070. The van der Waals surface area contributed by atoms with Gasteiger partial charge in [-0.3, -0.25) is 9.80 Å². The average molecular weight is 575 g/mol. The maximum absolute atomic E-state index is 11.3. The number of hydrogen-bond donors (Lipinski definition) is 3. The molecule has 0 saturated heterocycles. The maximum atomic E-state index is 11.3. The van der Waals surface area contributed by atoms with Crippen molar-refractivity contribution in [2.24, 2.45) is 0 Å². The molecule has 2 heterocycles. The second-order valence-electron chi connectivity index (χ2n) is 9.92. The molecule has 0 radical (unpaired) electrons. The second-order valence-corrected chi connectivity index (χ2v) is 9.92. The Morgan fingerprint density at radius 1 is 0.732 bits per heavy atom. The van der Waals surface area contributed by atoms with E-state index in [1.54, 1.807) is 18.2 Å². The van der Waals surface area contributed by atoms with Crippen LogP contribution in [0.15, 0.2) is 36.4 Å². The SMILES string of the molecule is O=C(O)c1cccc(CN(CCO)CCOCCOCCN(CCOC2CCCC2)Cc2cccc(C(=O)O)n2)n1.